The highest BCUT2D eigenvalue weighted by molar-refractivity contribution is 6.32. The van der Waals surface area contributed by atoms with E-state index >= 15 is 0 Å². The number of nitro groups is 1. The smallest absolute Gasteiger partial charge is 0.288 e. The molecule has 1 aromatic carbocycles. The molecule has 3 rings (SSSR count). The molecule has 0 fully saturated rings. The Balaban J connectivity index is 2.20. The summed E-state index contributed by atoms with van der Waals surface area (Å²) in [6.07, 6.45) is 0.572. The van der Waals surface area contributed by atoms with Gasteiger partial charge < -0.3 is 5.32 Å². The van der Waals surface area contributed by atoms with Crippen molar-refractivity contribution >= 4 is 28.9 Å². The van der Waals surface area contributed by atoms with Gasteiger partial charge in [-0.3, -0.25) is 19.9 Å². The van der Waals surface area contributed by atoms with E-state index in [2.05, 4.69) is 16.4 Å². The summed E-state index contributed by atoms with van der Waals surface area (Å²) >= 11 is 5.87. The zero-order valence-corrected chi connectivity index (χ0v) is 13.5. The predicted molar refractivity (Wildman–Crippen MR) is 87.7 cm³/mol. The summed E-state index contributed by atoms with van der Waals surface area (Å²) in [7, 11) is 0. The second-order valence-corrected chi connectivity index (χ2v) is 6.08. The van der Waals surface area contributed by atoms with E-state index in [9.17, 15) is 20.2 Å². The van der Waals surface area contributed by atoms with Crippen molar-refractivity contribution in [2.45, 2.75) is 19.3 Å². The van der Waals surface area contributed by atoms with Crippen molar-refractivity contribution in [1.82, 2.24) is 5.32 Å². The SMILES string of the molecule is CC1=NC2=C(C(=O)NCC2)C(c2ccc(Cl)c([N+](=O)[O-])c2)C1C#N. The molecule has 0 bridgehead atoms. The fourth-order valence-corrected chi connectivity index (χ4v) is 3.36. The van der Waals surface area contributed by atoms with E-state index in [1.54, 1.807) is 13.0 Å². The monoisotopic (exact) mass is 344 g/mol. The number of nitro benzene ring substituents is 1. The number of nitrogens with zero attached hydrogens (tertiary/aromatic N) is 3. The summed E-state index contributed by atoms with van der Waals surface area (Å²) in [6.45, 7) is 2.22. The Bertz CT molecular complexity index is 853. The third kappa shape index (κ3) is 2.55. The molecule has 1 aromatic rings. The van der Waals surface area contributed by atoms with Gasteiger partial charge in [0.1, 0.15) is 5.02 Å². The average molecular weight is 345 g/mol. The Morgan fingerprint density at radius 2 is 2.25 bits per heavy atom. The van der Waals surface area contributed by atoms with Crippen LogP contribution >= 0.6 is 11.6 Å². The topological polar surface area (TPSA) is 108 Å². The number of rotatable bonds is 2. The van der Waals surface area contributed by atoms with Gasteiger partial charge in [-0.25, -0.2) is 0 Å². The van der Waals surface area contributed by atoms with Crippen LogP contribution in [0.25, 0.3) is 0 Å². The first-order chi connectivity index (χ1) is 11.4. The number of halogens is 1. The van der Waals surface area contributed by atoms with E-state index in [-0.39, 0.29) is 16.6 Å². The molecule has 0 saturated carbocycles. The summed E-state index contributed by atoms with van der Waals surface area (Å²) in [5.41, 5.74) is 1.93. The Labute approximate surface area is 142 Å². The van der Waals surface area contributed by atoms with Gasteiger partial charge in [-0.15, -0.1) is 0 Å². The highest BCUT2D eigenvalue weighted by Gasteiger charge is 2.39. The van der Waals surface area contributed by atoms with Crippen LogP contribution in [-0.4, -0.2) is 23.1 Å². The summed E-state index contributed by atoms with van der Waals surface area (Å²) < 4.78 is 0. The Hall–Kier alpha value is -2.72. The molecule has 2 atom stereocenters. The number of hydrogen-bond donors (Lipinski definition) is 1. The second kappa shape index (κ2) is 6.06. The molecule has 0 aliphatic carbocycles. The van der Waals surface area contributed by atoms with Crippen molar-refractivity contribution in [1.29, 1.82) is 5.26 Å². The van der Waals surface area contributed by atoms with Gasteiger partial charge in [0.2, 0.25) is 5.91 Å². The minimum Gasteiger partial charge on any atom is -0.352 e. The van der Waals surface area contributed by atoms with E-state index in [1.165, 1.54) is 12.1 Å². The summed E-state index contributed by atoms with van der Waals surface area (Å²) in [5, 5.41) is 23.5. The van der Waals surface area contributed by atoms with Gasteiger partial charge in [0.05, 0.1) is 22.6 Å². The molecular formula is C16H13ClN4O3. The second-order valence-electron chi connectivity index (χ2n) is 5.67. The van der Waals surface area contributed by atoms with Gasteiger partial charge in [-0.1, -0.05) is 17.7 Å². The molecule has 1 N–H and O–H groups in total. The molecule has 2 aliphatic rings. The zero-order valence-electron chi connectivity index (χ0n) is 12.7. The summed E-state index contributed by atoms with van der Waals surface area (Å²) in [6, 6.07) is 6.55. The lowest BCUT2D eigenvalue weighted by atomic mass is 9.75. The van der Waals surface area contributed by atoms with Crippen LogP contribution in [0.5, 0.6) is 0 Å². The normalized spacial score (nSPS) is 23.0. The number of carbonyl (C=O) groups is 1. The van der Waals surface area contributed by atoms with Crippen LogP contribution in [0, 0.1) is 27.4 Å². The third-order valence-electron chi connectivity index (χ3n) is 4.27. The quantitative estimate of drug-likeness (QED) is 0.657. The number of nitrogens with one attached hydrogen (secondary N) is 1. The van der Waals surface area contributed by atoms with E-state index in [4.69, 9.17) is 11.6 Å². The first-order valence-electron chi connectivity index (χ1n) is 7.34. The Morgan fingerprint density at radius 1 is 1.50 bits per heavy atom. The van der Waals surface area contributed by atoms with Gasteiger partial charge in [-0.2, -0.15) is 5.26 Å². The molecule has 7 nitrogen and oxygen atoms in total. The van der Waals surface area contributed by atoms with Crippen molar-refractivity contribution in [3.8, 4) is 6.07 Å². The first kappa shape index (κ1) is 16.1. The van der Waals surface area contributed by atoms with Crippen LogP contribution in [0.15, 0.2) is 34.5 Å². The van der Waals surface area contributed by atoms with Gasteiger partial charge in [0.25, 0.3) is 5.69 Å². The van der Waals surface area contributed by atoms with Crippen molar-refractivity contribution in [2.24, 2.45) is 10.9 Å². The third-order valence-corrected chi connectivity index (χ3v) is 4.59. The predicted octanol–water partition coefficient (Wildman–Crippen LogP) is 2.72. The fraction of sp³-hybridized carbons (Fsp3) is 0.312. The van der Waals surface area contributed by atoms with Gasteiger partial charge >= 0.3 is 0 Å². The molecule has 0 radical (unpaired) electrons. The number of amides is 1. The summed E-state index contributed by atoms with van der Waals surface area (Å²) in [5.74, 6) is -1.54. The standard InChI is InChI=1S/C16H13ClN4O3/c1-8-10(7-18)14(15-12(20-8)4-5-19-16(15)22)9-2-3-11(17)13(6-9)21(23)24/h2-3,6,10,14H,4-5H2,1H3,(H,19,22). The maximum Gasteiger partial charge on any atom is 0.288 e. The van der Waals surface area contributed by atoms with Crippen LogP contribution in [0.2, 0.25) is 5.02 Å². The first-order valence-corrected chi connectivity index (χ1v) is 7.71. The van der Waals surface area contributed by atoms with Gasteiger partial charge in [0, 0.05) is 36.2 Å². The van der Waals surface area contributed by atoms with Crippen LogP contribution in [0.3, 0.4) is 0 Å². The van der Waals surface area contributed by atoms with Crippen molar-refractivity contribution in [3.63, 3.8) is 0 Å². The van der Waals surface area contributed by atoms with E-state index in [0.717, 1.165) is 0 Å². The van der Waals surface area contributed by atoms with Gasteiger partial charge in [-0.05, 0) is 18.6 Å². The molecule has 1 amide bonds. The molecule has 2 heterocycles. The van der Waals surface area contributed by atoms with Crippen LogP contribution in [-0.2, 0) is 4.79 Å². The van der Waals surface area contributed by atoms with Crippen LogP contribution in [0.1, 0.15) is 24.8 Å². The Morgan fingerprint density at radius 3 is 2.92 bits per heavy atom. The minimum atomic E-state index is -0.659. The molecule has 2 aliphatic heterocycles. The van der Waals surface area contributed by atoms with Crippen molar-refractivity contribution in [2.75, 3.05) is 6.54 Å². The molecule has 24 heavy (non-hydrogen) atoms. The number of hydrogen-bond acceptors (Lipinski definition) is 5. The fourth-order valence-electron chi connectivity index (χ4n) is 3.17. The number of nitriles is 1. The number of benzene rings is 1. The lowest BCUT2D eigenvalue weighted by molar-refractivity contribution is -0.384. The molecule has 0 aromatic heterocycles. The minimum absolute atomic E-state index is 0.0146. The summed E-state index contributed by atoms with van der Waals surface area (Å²) in [4.78, 5) is 27.4. The molecular weight excluding hydrogens is 332 g/mol. The maximum absolute atomic E-state index is 12.4. The lowest BCUT2D eigenvalue weighted by Crippen LogP contribution is -2.39. The van der Waals surface area contributed by atoms with E-state index in [0.29, 0.717) is 35.5 Å². The molecule has 0 spiro atoms. The van der Waals surface area contributed by atoms with Crippen molar-refractivity contribution in [3.05, 3.63) is 50.2 Å². The average Bonchev–Trinajstić information content (AvgIpc) is 2.54. The molecule has 122 valence electrons. The van der Waals surface area contributed by atoms with Gasteiger partial charge in [0.15, 0.2) is 0 Å². The highest BCUT2D eigenvalue weighted by Crippen LogP contribution is 2.42. The van der Waals surface area contributed by atoms with Crippen LogP contribution in [0.4, 0.5) is 5.69 Å². The number of carbonyl (C=O) groups excluding carboxylic acids is 1. The zero-order chi connectivity index (χ0) is 17.4. The van der Waals surface area contributed by atoms with Crippen LogP contribution < -0.4 is 5.32 Å². The molecule has 0 saturated heterocycles. The van der Waals surface area contributed by atoms with Crippen molar-refractivity contribution < 1.29 is 9.72 Å². The maximum atomic E-state index is 12.4. The largest absolute Gasteiger partial charge is 0.352 e. The molecule has 8 heteroatoms. The Kier molecular flexibility index (Phi) is 4.08. The molecule has 2 unspecified atom stereocenters. The van der Waals surface area contributed by atoms with E-state index in [1.807, 2.05) is 0 Å². The highest BCUT2D eigenvalue weighted by atomic mass is 35.5. The number of aliphatic imine (C=N–C) groups is 1. The lowest BCUT2D eigenvalue weighted by Gasteiger charge is -2.32. The van der Waals surface area contributed by atoms with E-state index < -0.39 is 16.8 Å².